The van der Waals surface area contributed by atoms with Crippen LogP contribution in [-0.4, -0.2) is 35.1 Å². The highest BCUT2D eigenvalue weighted by molar-refractivity contribution is 5.73. The van der Waals surface area contributed by atoms with E-state index in [1.165, 1.54) is 0 Å². The van der Waals surface area contributed by atoms with Crippen LogP contribution in [0.1, 0.15) is 33.1 Å². The molecule has 0 spiro atoms. The van der Waals surface area contributed by atoms with Crippen molar-refractivity contribution in [2.24, 2.45) is 11.8 Å². The number of rotatable bonds is 4. The van der Waals surface area contributed by atoms with Crippen molar-refractivity contribution in [3.63, 3.8) is 0 Å². The predicted molar refractivity (Wildman–Crippen MR) is 68.3 cm³/mol. The van der Waals surface area contributed by atoms with Crippen LogP contribution in [0.5, 0.6) is 0 Å². The molecule has 2 unspecified atom stereocenters. The number of aliphatic hydroxyl groups is 1. The number of allylic oxidation sites excluding steroid dienone is 2. The van der Waals surface area contributed by atoms with Crippen molar-refractivity contribution in [1.82, 2.24) is 0 Å². The first-order chi connectivity index (χ1) is 10.3. The summed E-state index contributed by atoms with van der Waals surface area (Å²) in [6, 6.07) is 0. The van der Waals surface area contributed by atoms with Crippen molar-refractivity contribution < 1.29 is 41.0 Å². The molecule has 9 heteroatoms. The minimum Gasteiger partial charge on any atom is -0.458 e. The van der Waals surface area contributed by atoms with Gasteiger partial charge in [-0.1, -0.05) is 26.0 Å². The summed E-state index contributed by atoms with van der Waals surface area (Å²) in [7, 11) is 0. The van der Waals surface area contributed by atoms with Gasteiger partial charge in [0, 0.05) is 0 Å². The number of ether oxygens (including phenoxy) is 1. The Morgan fingerprint density at radius 2 is 1.65 bits per heavy atom. The zero-order chi connectivity index (χ0) is 18.1. The Hall–Kier alpha value is -1.25. The summed E-state index contributed by atoms with van der Waals surface area (Å²) in [6.45, 7) is 2.03. The molecule has 0 heterocycles. The average molecular weight is 348 g/mol. The van der Waals surface area contributed by atoms with Gasteiger partial charge < -0.3 is 9.84 Å². The first-order valence-corrected chi connectivity index (χ1v) is 7.03. The maximum Gasteiger partial charge on any atom is 0.430 e. The normalized spacial score (nSPS) is 21.4. The maximum atomic E-state index is 12.9. The molecule has 0 amide bonds. The molecule has 0 aromatic heterocycles. The van der Waals surface area contributed by atoms with Gasteiger partial charge in [0.25, 0.3) is 5.60 Å². The molecule has 134 valence electrons. The standard InChI is InChI=1S/C14H18F6O3/c1-8(2)10(12(22,13(15,16)17)14(18,19)20)23-11(21)9-6-4-3-5-7-9/h3-4,8-10,22H,5-7H2,1-2H3. The summed E-state index contributed by atoms with van der Waals surface area (Å²) >= 11 is 0. The lowest BCUT2D eigenvalue weighted by Crippen LogP contribution is -2.66. The average Bonchev–Trinajstić information content (AvgIpc) is 2.41. The van der Waals surface area contributed by atoms with E-state index in [-0.39, 0.29) is 12.8 Å². The lowest BCUT2D eigenvalue weighted by molar-refractivity contribution is -0.395. The summed E-state index contributed by atoms with van der Waals surface area (Å²) in [5.74, 6) is -3.38. The van der Waals surface area contributed by atoms with Crippen LogP contribution in [0.25, 0.3) is 0 Å². The summed E-state index contributed by atoms with van der Waals surface area (Å²) in [5, 5.41) is 9.42. The third-order valence-corrected chi connectivity index (χ3v) is 3.73. The highest BCUT2D eigenvalue weighted by Gasteiger charge is 2.76. The number of alkyl halides is 6. The molecule has 1 rings (SSSR count). The molecule has 1 aliphatic carbocycles. The summed E-state index contributed by atoms with van der Waals surface area (Å²) in [4.78, 5) is 11.9. The molecule has 1 aliphatic rings. The molecular weight excluding hydrogens is 330 g/mol. The van der Waals surface area contributed by atoms with Crippen LogP contribution >= 0.6 is 0 Å². The Bertz CT molecular complexity index is 438. The number of halogens is 6. The fourth-order valence-electron chi connectivity index (χ4n) is 2.42. The van der Waals surface area contributed by atoms with E-state index >= 15 is 0 Å². The van der Waals surface area contributed by atoms with E-state index in [1.807, 2.05) is 0 Å². The highest BCUT2D eigenvalue weighted by Crippen LogP contribution is 2.48. The van der Waals surface area contributed by atoms with Gasteiger partial charge >= 0.3 is 18.3 Å². The van der Waals surface area contributed by atoms with Crippen LogP contribution in [-0.2, 0) is 9.53 Å². The number of hydrogen-bond donors (Lipinski definition) is 1. The van der Waals surface area contributed by atoms with Gasteiger partial charge in [-0.25, -0.2) is 0 Å². The molecule has 3 nitrogen and oxygen atoms in total. The fraction of sp³-hybridized carbons (Fsp3) is 0.786. The van der Waals surface area contributed by atoms with Gasteiger partial charge in [0.05, 0.1) is 5.92 Å². The minimum absolute atomic E-state index is 0.181. The fourth-order valence-corrected chi connectivity index (χ4v) is 2.42. The van der Waals surface area contributed by atoms with E-state index in [0.29, 0.717) is 6.42 Å². The van der Waals surface area contributed by atoms with Crippen LogP contribution < -0.4 is 0 Å². The summed E-state index contributed by atoms with van der Waals surface area (Å²) in [5.41, 5.74) is -5.12. The molecule has 0 aromatic rings. The van der Waals surface area contributed by atoms with Crippen LogP contribution in [0.15, 0.2) is 12.2 Å². The van der Waals surface area contributed by atoms with E-state index in [1.54, 1.807) is 12.2 Å². The SMILES string of the molecule is CC(C)C(OC(=O)C1CC=CCC1)C(O)(C(F)(F)F)C(F)(F)F. The predicted octanol–water partition coefficient (Wildman–Crippen LogP) is 3.77. The van der Waals surface area contributed by atoms with Crippen LogP contribution in [0.3, 0.4) is 0 Å². The van der Waals surface area contributed by atoms with Crippen molar-refractivity contribution in [2.45, 2.75) is 57.2 Å². The van der Waals surface area contributed by atoms with Crippen molar-refractivity contribution in [2.75, 3.05) is 0 Å². The second-order valence-corrected chi connectivity index (χ2v) is 5.84. The second-order valence-electron chi connectivity index (χ2n) is 5.84. The molecule has 23 heavy (non-hydrogen) atoms. The Morgan fingerprint density at radius 3 is 2.00 bits per heavy atom. The minimum atomic E-state index is -6.03. The molecule has 0 radical (unpaired) electrons. The van der Waals surface area contributed by atoms with Gasteiger partial charge in [-0.15, -0.1) is 0 Å². The quantitative estimate of drug-likeness (QED) is 0.478. The second kappa shape index (κ2) is 6.70. The Balaban J connectivity index is 3.12. The summed E-state index contributed by atoms with van der Waals surface area (Å²) in [6.07, 6.45) is -10.5. The van der Waals surface area contributed by atoms with Crippen LogP contribution in [0, 0.1) is 11.8 Å². The maximum absolute atomic E-state index is 12.9. The first kappa shape index (κ1) is 19.8. The molecule has 0 aliphatic heterocycles. The van der Waals surface area contributed by atoms with Gasteiger partial charge in [-0.3, -0.25) is 4.79 Å². The van der Waals surface area contributed by atoms with Crippen molar-refractivity contribution in [3.8, 4) is 0 Å². The van der Waals surface area contributed by atoms with Crippen LogP contribution in [0.4, 0.5) is 26.3 Å². The molecule has 2 atom stereocenters. The smallest absolute Gasteiger partial charge is 0.430 e. The van der Waals surface area contributed by atoms with E-state index in [9.17, 15) is 36.2 Å². The van der Waals surface area contributed by atoms with Gasteiger partial charge in [-0.05, 0) is 25.2 Å². The molecule has 1 N–H and O–H groups in total. The molecule has 0 saturated carbocycles. The van der Waals surface area contributed by atoms with E-state index in [4.69, 9.17) is 0 Å². The molecule has 0 aromatic carbocycles. The van der Waals surface area contributed by atoms with E-state index in [0.717, 1.165) is 13.8 Å². The highest BCUT2D eigenvalue weighted by atomic mass is 19.4. The first-order valence-electron chi connectivity index (χ1n) is 7.03. The number of esters is 1. The number of hydrogen-bond acceptors (Lipinski definition) is 3. The van der Waals surface area contributed by atoms with Crippen molar-refractivity contribution in [3.05, 3.63) is 12.2 Å². The number of carbonyl (C=O) groups excluding carboxylic acids is 1. The molecule has 0 fully saturated rings. The van der Waals surface area contributed by atoms with Gasteiger partial charge in [0.15, 0.2) is 6.10 Å². The van der Waals surface area contributed by atoms with Crippen molar-refractivity contribution in [1.29, 1.82) is 0 Å². The molecule has 0 bridgehead atoms. The monoisotopic (exact) mass is 348 g/mol. The topological polar surface area (TPSA) is 46.5 Å². The Labute approximate surface area is 129 Å². The Kier molecular flexibility index (Phi) is 5.77. The third-order valence-electron chi connectivity index (χ3n) is 3.73. The lowest BCUT2D eigenvalue weighted by atomic mass is 9.86. The third kappa shape index (κ3) is 3.99. The Morgan fingerprint density at radius 1 is 1.13 bits per heavy atom. The summed E-state index contributed by atoms with van der Waals surface area (Å²) < 4.78 is 82.1. The largest absolute Gasteiger partial charge is 0.458 e. The van der Waals surface area contributed by atoms with E-state index < -0.39 is 41.9 Å². The molecular formula is C14H18F6O3. The van der Waals surface area contributed by atoms with Gasteiger partial charge in [-0.2, -0.15) is 26.3 Å². The number of carbonyl (C=O) groups is 1. The molecule has 0 saturated heterocycles. The van der Waals surface area contributed by atoms with Crippen molar-refractivity contribution >= 4 is 5.97 Å². The lowest BCUT2D eigenvalue weighted by Gasteiger charge is -2.40. The van der Waals surface area contributed by atoms with Crippen LogP contribution in [0.2, 0.25) is 0 Å². The zero-order valence-electron chi connectivity index (χ0n) is 12.5. The van der Waals surface area contributed by atoms with Gasteiger partial charge in [0.1, 0.15) is 0 Å². The van der Waals surface area contributed by atoms with Gasteiger partial charge in [0.2, 0.25) is 0 Å². The zero-order valence-corrected chi connectivity index (χ0v) is 12.5. The van der Waals surface area contributed by atoms with E-state index in [2.05, 4.69) is 4.74 Å².